The van der Waals surface area contributed by atoms with E-state index in [2.05, 4.69) is 24.6 Å². The van der Waals surface area contributed by atoms with Gasteiger partial charge in [0.25, 0.3) is 5.70 Å². The molecule has 0 saturated heterocycles. The lowest BCUT2D eigenvalue weighted by Gasteiger charge is -2.37. The molecule has 0 N–H and O–H groups in total. The van der Waals surface area contributed by atoms with Gasteiger partial charge in [-0.2, -0.15) is 0 Å². The molecule has 1 aromatic rings. The normalized spacial score (nSPS) is 24.8. The number of carbonyl (C=O) groups is 6. The van der Waals surface area contributed by atoms with E-state index in [-0.39, 0.29) is 70.3 Å². The van der Waals surface area contributed by atoms with Gasteiger partial charge in [-0.05, 0) is 170 Å². The predicted molar refractivity (Wildman–Crippen MR) is 282 cm³/mol. The second kappa shape index (κ2) is 32.7. The summed E-state index contributed by atoms with van der Waals surface area (Å²) in [5.41, 5.74) is -0.307. The second-order valence-corrected chi connectivity index (χ2v) is 22.4. The summed E-state index contributed by atoms with van der Waals surface area (Å²) in [7, 11) is 0. The van der Waals surface area contributed by atoms with E-state index in [0.29, 0.717) is 118 Å². The Morgan fingerprint density at radius 3 is 1.41 bits per heavy atom. The Morgan fingerprint density at radius 1 is 0.513 bits per heavy atom. The zero-order valence-electron chi connectivity index (χ0n) is 43.7. The minimum Gasteiger partial charge on any atom is -0.467 e. The fraction of sp³-hybridized carbons (Fsp3) is 0.632. The number of hydrogen-bond acceptors (Lipinski definition) is 18. The van der Waals surface area contributed by atoms with Crippen molar-refractivity contribution >= 4 is 59.3 Å². The summed E-state index contributed by atoms with van der Waals surface area (Å²) in [5.74, 6) is -0.585. The molecule has 1 aliphatic heterocycles. The number of fused-ring (bicyclic) bond motifs is 1. The van der Waals surface area contributed by atoms with Gasteiger partial charge in [-0.25, -0.2) is 34.0 Å². The van der Waals surface area contributed by atoms with Crippen LogP contribution in [0.1, 0.15) is 128 Å². The molecule has 0 aromatic heterocycles. The zero-order chi connectivity index (χ0) is 54.1. The van der Waals surface area contributed by atoms with Gasteiger partial charge in [0, 0.05) is 12.2 Å². The summed E-state index contributed by atoms with van der Waals surface area (Å²) in [5, 5.41) is 0. The van der Waals surface area contributed by atoms with Gasteiger partial charge in [0.15, 0.2) is 0 Å². The van der Waals surface area contributed by atoms with Crippen LogP contribution >= 0.6 is 23.5 Å². The van der Waals surface area contributed by atoms with Crippen LogP contribution in [0, 0.1) is 53.9 Å². The Balaban J connectivity index is 0.984. The zero-order valence-corrected chi connectivity index (χ0v) is 45.4. The number of hydrogen-bond donors (Lipinski definition) is 0. The maximum absolute atomic E-state index is 13.9. The van der Waals surface area contributed by atoms with Gasteiger partial charge in [0.2, 0.25) is 0 Å². The maximum atomic E-state index is 13.9. The number of esters is 6. The summed E-state index contributed by atoms with van der Waals surface area (Å²) in [6.07, 6.45) is 20.8. The molecule has 0 bridgehead atoms. The maximum Gasteiger partial charge on any atom is 0.338 e. The SMILES string of the molecule is [C-]#[N+]/C(C(=O)OCCOC(=O)C=C)=C1\Sc2c(OC(=O)C3CCC(C4CCC(COOCCCCOC(=O)C=C)CC4)CC3)ccc(OC(=O)C3CCC(C4CCC(C(=O)OCCCCOOCC=C)CC4)CC3)c2S1. The van der Waals surface area contributed by atoms with Crippen LogP contribution in [-0.4, -0.2) is 88.7 Å². The molecule has 5 aliphatic rings. The molecule has 416 valence electrons. The van der Waals surface area contributed by atoms with Crippen LogP contribution in [0.5, 0.6) is 11.5 Å². The average molecular weight is 1090 g/mol. The van der Waals surface area contributed by atoms with E-state index in [1.165, 1.54) is 0 Å². The van der Waals surface area contributed by atoms with Gasteiger partial charge < -0.3 is 28.4 Å². The van der Waals surface area contributed by atoms with Crippen molar-refractivity contribution in [2.75, 3.05) is 52.9 Å². The van der Waals surface area contributed by atoms with E-state index < -0.39 is 17.9 Å². The first-order chi connectivity index (χ1) is 37.0. The van der Waals surface area contributed by atoms with Gasteiger partial charge in [-0.15, -0.1) is 6.58 Å². The topological polar surface area (TPSA) is 199 Å². The number of rotatable bonds is 29. The monoisotopic (exact) mass is 1090 g/mol. The van der Waals surface area contributed by atoms with Crippen molar-refractivity contribution < 1.29 is 76.7 Å². The molecule has 19 heteroatoms. The Labute approximate surface area is 455 Å². The molecule has 4 fully saturated rings. The van der Waals surface area contributed by atoms with Crippen molar-refractivity contribution in [3.8, 4) is 11.5 Å². The van der Waals surface area contributed by atoms with Crippen LogP contribution in [0.3, 0.4) is 0 Å². The van der Waals surface area contributed by atoms with Gasteiger partial charge in [0.1, 0.15) is 31.3 Å². The molecule has 1 heterocycles. The molecule has 0 radical (unpaired) electrons. The van der Waals surface area contributed by atoms with Crippen LogP contribution in [0.2, 0.25) is 0 Å². The van der Waals surface area contributed by atoms with Crippen molar-refractivity contribution in [1.82, 2.24) is 0 Å². The fourth-order valence-electron chi connectivity index (χ4n) is 10.9. The second-order valence-electron chi connectivity index (χ2n) is 20.1. The largest absolute Gasteiger partial charge is 0.467 e. The van der Waals surface area contributed by atoms with Crippen LogP contribution in [0.25, 0.3) is 4.85 Å². The van der Waals surface area contributed by atoms with Gasteiger partial charge in [-0.3, -0.25) is 19.2 Å². The first-order valence-corrected chi connectivity index (χ1v) is 28.7. The highest BCUT2D eigenvalue weighted by Crippen LogP contribution is 2.59. The lowest BCUT2D eigenvalue weighted by atomic mass is 9.69. The van der Waals surface area contributed by atoms with Gasteiger partial charge in [0.05, 0.1) is 71.4 Å². The molecular weight excluding hydrogens is 1020 g/mol. The minimum absolute atomic E-state index is 0.0910. The first-order valence-electron chi connectivity index (χ1n) is 27.1. The van der Waals surface area contributed by atoms with Crippen molar-refractivity contribution in [3.05, 3.63) is 71.4 Å². The molecule has 76 heavy (non-hydrogen) atoms. The smallest absolute Gasteiger partial charge is 0.338 e. The predicted octanol–water partition coefficient (Wildman–Crippen LogP) is 11.2. The molecule has 4 aliphatic carbocycles. The van der Waals surface area contributed by atoms with E-state index in [1.54, 1.807) is 18.2 Å². The molecule has 0 atom stereocenters. The Morgan fingerprint density at radius 2 is 0.934 bits per heavy atom. The molecule has 0 spiro atoms. The number of benzene rings is 1. The van der Waals surface area contributed by atoms with Crippen LogP contribution < -0.4 is 9.47 Å². The highest BCUT2D eigenvalue weighted by molar-refractivity contribution is 8.24. The van der Waals surface area contributed by atoms with Crippen LogP contribution in [0.4, 0.5) is 0 Å². The van der Waals surface area contributed by atoms with E-state index >= 15 is 0 Å². The summed E-state index contributed by atoms with van der Waals surface area (Å²) in [6.45, 7) is 20.1. The average Bonchev–Trinajstić information content (AvgIpc) is 3.90. The van der Waals surface area contributed by atoms with Gasteiger partial charge >= 0.3 is 35.8 Å². The van der Waals surface area contributed by atoms with E-state index in [4.69, 9.17) is 54.5 Å². The van der Waals surface area contributed by atoms with E-state index in [9.17, 15) is 28.8 Å². The third-order valence-corrected chi connectivity index (χ3v) is 17.8. The number of unbranched alkanes of at least 4 members (excludes halogenated alkanes) is 2. The third-order valence-electron chi connectivity index (χ3n) is 15.2. The van der Waals surface area contributed by atoms with E-state index in [0.717, 1.165) is 126 Å². The molecule has 1 aromatic carbocycles. The molecule has 6 rings (SSSR count). The molecular formula is C57H75NO16S2. The van der Waals surface area contributed by atoms with Crippen LogP contribution in [0.15, 0.2) is 69.8 Å². The first kappa shape index (κ1) is 60.3. The molecule has 0 amide bonds. The fourth-order valence-corrected chi connectivity index (χ4v) is 13.4. The summed E-state index contributed by atoms with van der Waals surface area (Å²) in [4.78, 5) is 102. The lowest BCUT2D eigenvalue weighted by molar-refractivity contribution is -0.303. The highest BCUT2D eigenvalue weighted by atomic mass is 32.2. The Bertz CT molecular complexity index is 2210. The molecule has 0 unspecified atom stereocenters. The van der Waals surface area contributed by atoms with E-state index in [1.807, 2.05) is 0 Å². The number of ether oxygens (including phenoxy) is 6. The summed E-state index contributed by atoms with van der Waals surface area (Å²) >= 11 is 2.16. The Hall–Kier alpha value is -4.97. The molecule has 4 saturated carbocycles. The number of nitrogens with zero attached hydrogens (tertiary/aromatic N) is 1. The highest BCUT2D eigenvalue weighted by Gasteiger charge is 2.39. The quantitative estimate of drug-likeness (QED) is 0.00843. The Kier molecular flexibility index (Phi) is 25.9. The standard InChI is InChI=1S/C57H75NO16S2/c1-5-30-69-70-33-11-9-32-67-53(61)43-22-16-41(17-23-43)42-20-26-45(27-21-42)55(63)74-47-29-28-46(51-52(47)76-57(75-51)50(58-4)56(64)68-36-35-66-49(60)7-3)73-54(62)44-24-18-40(19-25-44)39-14-12-38(13-15-39)37-72-71-34-10-8-31-65-48(59)6-2/h5-7,28-29,38-45H,1-3,8-27,30-37H2/b57-50+. The lowest BCUT2D eigenvalue weighted by Crippen LogP contribution is -2.31. The van der Waals surface area contributed by atoms with Crippen molar-refractivity contribution in [2.24, 2.45) is 47.3 Å². The summed E-state index contributed by atoms with van der Waals surface area (Å²) in [6, 6.07) is 3.23. The van der Waals surface area contributed by atoms with Crippen molar-refractivity contribution in [2.45, 2.75) is 138 Å². The minimum atomic E-state index is -0.917. The third kappa shape index (κ3) is 18.9. The summed E-state index contributed by atoms with van der Waals surface area (Å²) < 4.78 is 33.3. The molecule has 17 nitrogen and oxygen atoms in total. The van der Waals surface area contributed by atoms with Crippen molar-refractivity contribution in [3.63, 3.8) is 0 Å². The number of carbonyl (C=O) groups excluding carboxylic acids is 6. The number of thioether (sulfide) groups is 2. The van der Waals surface area contributed by atoms with Gasteiger partial charge in [-0.1, -0.05) is 42.8 Å². The van der Waals surface area contributed by atoms with Crippen LogP contribution in [-0.2, 0) is 67.3 Å². The van der Waals surface area contributed by atoms with Crippen molar-refractivity contribution in [1.29, 1.82) is 0 Å².